The number of aromatic amines is 1. The number of nitrogens with one attached hydrogen (secondary N) is 1. The van der Waals surface area contributed by atoms with Crippen LogP contribution in [0.15, 0.2) is 36.7 Å². The van der Waals surface area contributed by atoms with Crippen LogP contribution in [0.4, 0.5) is 0 Å². The maximum atomic E-state index is 10.1. The van der Waals surface area contributed by atoms with E-state index < -0.39 is 6.10 Å². The third-order valence-corrected chi connectivity index (χ3v) is 2.87. The van der Waals surface area contributed by atoms with E-state index >= 15 is 0 Å². The first-order chi connectivity index (χ1) is 7.98. The van der Waals surface area contributed by atoms with Gasteiger partial charge in [-0.15, -0.1) is 0 Å². The summed E-state index contributed by atoms with van der Waals surface area (Å²) < 4.78 is 0. The van der Waals surface area contributed by atoms with Gasteiger partial charge in [-0.25, -0.2) is 4.98 Å². The molecule has 1 aromatic carbocycles. The second kappa shape index (κ2) is 4.34. The van der Waals surface area contributed by atoms with Crippen LogP contribution >= 0.6 is 0 Å². The number of nitrogens with zero attached hydrogens (tertiary/aromatic N) is 1. The molecule has 0 saturated carbocycles. The van der Waals surface area contributed by atoms with Gasteiger partial charge in [0.15, 0.2) is 0 Å². The number of rotatable bonds is 2. The highest BCUT2D eigenvalue weighted by Crippen LogP contribution is 2.25. The molecular weight excluding hydrogens is 212 g/mol. The summed E-state index contributed by atoms with van der Waals surface area (Å²) in [7, 11) is 0. The monoisotopic (exact) mass is 230 g/mol. The van der Waals surface area contributed by atoms with Crippen molar-refractivity contribution in [3.05, 3.63) is 53.6 Å². The first kappa shape index (κ1) is 11.9. The Morgan fingerprint density at radius 3 is 2.29 bits per heavy atom. The highest BCUT2D eigenvalue weighted by Gasteiger charge is 2.16. The van der Waals surface area contributed by atoms with Gasteiger partial charge in [0.25, 0.3) is 0 Å². The van der Waals surface area contributed by atoms with Gasteiger partial charge in [-0.2, -0.15) is 0 Å². The lowest BCUT2D eigenvalue weighted by Crippen LogP contribution is -2.11. The molecule has 0 amide bonds. The molecular formula is C14H18N2O. The van der Waals surface area contributed by atoms with Crippen molar-refractivity contribution in [2.24, 2.45) is 0 Å². The first-order valence-corrected chi connectivity index (χ1v) is 5.76. The number of aromatic nitrogens is 2. The fourth-order valence-electron chi connectivity index (χ4n) is 1.75. The van der Waals surface area contributed by atoms with Gasteiger partial charge >= 0.3 is 0 Å². The number of hydrogen-bond acceptors (Lipinski definition) is 2. The summed E-state index contributed by atoms with van der Waals surface area (Å²) in [6.45, 7) is 6.51. The molecule has 1 aromatic heterocycles. The average molecular weight is 230 g/mol. The van der Waals surface area contributed by atoms with Crippen LogP contribution in [0.1, 0.15) is 43.8 Å². The number of hydrogen-bond donors (Lipinski definition) is 2. The Morgan fingerprint density at radius 1 is 1.18 bits per heavy atom. The lowest BCUT2D eigenvalue weighted by Gasteiger charge is -2.19. The molecule has 0 spiro atoms. The normalized spacial score (nSPS) is 13.6. The van der Waals surface area contributed by atoms with Crippen molar-refractivity contribution in [2.45, 2.75) is 32.3 Å². The Labute approximate surface area is 102 Å². The fourth-order valence-corrected chi connectivity index (χ4v) is 1.75. The SMILES string of the molecule is CC(C)(C)c1ccc(C(O)c2ncc[nH]2)cc1. The van der Waals surface area contributed by atoms with Crippen LogP contribution in [0.2, 0.25) is 0 Å². The van der Waals surface area contributed by atoms with Crippen LogP contribution in [-0.4, -0.2) is 15.1 Å². The third-order valence-electron chi connectivity index (χ3n) is 2.87. The minimum absolute atomic E-state index is 0.133. The van der Waals surface area contributed by atoms with Crippen LogP contribution in [0.5, 0.6) is 0 Å². The maximum Gasteiger partial charge on any atom is 0.139 e. The number of aliphatic hydroxyl groups is 1. The zero-order chi connectivity index (χ0) is 12.5. The van der Waals surface area contributed by atoms with Crippen molar-refractivity contribution >= 4 is 0 Å². The Kier molecular flexibility index (Phi) is 3.03. The minimum atomic E-state index is -0.681. The zero-order valence-corrected chi connectivity index (χ0v) is 10.4. The van der Waals surface area contributed by atoms with E-state index in [1.807, 2.05) is 12.1 Å². The van der Waals surface area contributed by atoms with Crippen LogP contribution in [0.3, 0.4) is 0 Å². The molecule has 3 nitrogen and oxygen atoms in total. The molecule has 0 radical (unpaired) electrons. The molecule has 0 bridgehead atoms. The quantitative estimate of drug-likeness (QED) is 0.833. The molecule has 0 fully saturated rings. The van der Waals surface area contributed by atoms with Gasteiger partial charge in [-0.05, 0) is 16.5 Å². The van der Waals surface area contributed by atoms with Crippen molar-refractivity contribution in [3.8, 4) is 0 Å². The molecule has 0 aliphatic rings. The van der Waals surface area contributed by atoms with Gasteiger partial charge in [0.05, 0.1) is 0 Å². The Balaban J connectivity index is 2.24. The lowest BCUT2D eigenvalue weighted by atomic mass is 9.86. The zero-order valence-electron chi connectivity index (χ0n) is 10.4. The number of H-pyrrole nitrogens is 1. The lowest BCUT2D eigenvalue weighted by molar-refractivity contribution is 0.211. The van der Waals surface area contributed by atoms with Crippen molar-refractivity contribution < 1.29 is 5.11 Å². The minimum Gasteiger partial charge on any atom is -0.380 e. The summed E-state index contributed by atoms with van der Waals surface area (Å²) in [5, 5.41) is 10.1. The van der Waals surface area contributed by atoms with E-state index in [2.05, 4.69) is 42.9 Å². The van der Waals surface area contributed by atoms with Gasteiger partial charge in [0, 0.05) is 12.4 Å². The second-order valence-electron chi connectivity index (χ2n) is 5.25. The largest absolute Gasteiger partial charge is 0.380 e. The van der Waals surface area contributed by atoms with Gasteiger partial charge in [0.1, 0.15) is 11.9 Å². The highest BCUT2D eigenvalue weighted by molar-refractivity contribution is 5.30. The molecule has 1 unspecified atom stereocenters. The van der Waals surface area contributed by atoms with Gasteiger partial charge < -0.3 is 10.1 Å². The molecule has 2 rings (SSSR count). The van der Waals surface area contributed by atoms with Crippen LogP contribution in [0.25, 0.3) is 0 Å². The first-order valence-electron chi connectivity index (χ1n) is 5.76. The molecule has 1 atom stereocenters. The molecule has 0 aliphatic carbocycles. The van der Waals surface area contributed by atoms with Gasteiger partial charge in [0.2, 0.25) is 0 Å². The fraction of sp³-hybridized carbons (Fsp3) is 0.357. The average Bonchev–Trinajstić information content (AvgIpc) is 2.80. The smallest absolute Gasteiger partial charge is 0.139 e. The van der Waals surface area contributed by atoms with Crippen LogP contribution in [0, 0.1) is 0 Å². The molecule has 90 valence electrons. The molecule has 0 saturated heterocycles. The van der Waals surface area contributed by atoms with Gasteiger partial charge in [-0.1, -0.05) is 45.0 Å². The van der Waals surface area contributed by atoms with Gasteiger partial charge in [-0.3, -0.25) is 0 Å². The predicted octanol–water partition coefficient (Wildman–Crippen LogP) is 2.79. The molecule has 2 N–H and O–H groups in total. The summed E-state index contributed by atoms with van der Waals surface area (Å²) >= 11 is 0. The maximum absolute atomic E-state index is 10.1. The molecule has 17 heavy (non-hydrogen) atoms. The van der Waals surface area contributed by atoms with E-state index in [-0.39, 0.29) is 5.41 Å². The summed E-state index contributed by atoms with van der Waals surface area (Å²) in [4.78, 5) is 6.98. The van der Waals surface area contributed by atoms with Crippen molar-refractivity contribution in [1.82, 2.24) is 9.97 Å². The van der Waals surface area contributed by atoms with E-state index in [9.17, 15) is 5.11 Å². The molecule has 0 aliphatic heterocycles. The Hall–Kier alpha value is -1.61. The number of benzene rings is 1. The summed E-state index contributed by atoms with van der Waals surface area (Å²) in [5.74, 6) is 0.577. The summed E-state index contributed by atoms with van der Waals surface area (Å²) in [5.41, 5.74) is 2.24. The highest BCUT2D eigenvalue weighted by atomic mass is 16.3. The molecule has 2 aromatic rings. The molecule has 1 heterocycles. The van der Waals surface area contributed by atoms with Crippen molar-refractivity contribution in [3.63, 3.8) is 0 Å². The number of aliphatic hydroxyl groups excluding tert-OH is 1. The van der Waals surface area contributed by atoms with E-state index in [1.165, 1.54) is 5.56 Å². The van der Waals surface area contributed by atoms with Crippen LogP contribution < -0.4 is 0 Å². The topological polar surface area (TPSA) is 48.9 Å². The second-order valence-corrected chi connectivity index (χ2v) is 5.25. The Bertz CT molecular complexity index is 466. The van der Waals surface area contributed by atoms with E-state index in [0.717, 1.165) is 5.56 Å². The summed E-state index contributed by atoms with van der Waals surface area (Å²) in [6.07, 6.45) is 2.67. The van der Waals surface area contributed by atoms with Crippen molar-refractivity contribution in [2.75, 3.05) is 0 Å². The van der Waals surface area contributed by atoms with E-state index in [0.29, 0.717) is 5.82 Å². The van der Waals surface area contributed by atoms with Crippen molar-refractivity contribution in [1.29, 1.82) is 0 Å². The number of imidazole rings is 1. The Morgan fingerprint density at radius 2 is 1.82 bits per heavy atom. The van der Waals surface area contributed by atoms with E-state index in [1.54, 1.807) is 12.4 Å². The standard InChI is InChI=1S/C14H18N2O/c1-14(2,3)11-6-4-10(5-7-11)12(17)13-15-8-9-16-13/h4-9,12,17H,1-3H3,(H,15,16). The van der Waals surface area contributed by atoms with Crippen LogP contribution in [-0.2, 0) is 5.41 Å². The predicted molar refractivity (Wildman–Crippen MR) is 67.8 cm³/mol. The summed E-state index contributed by atoms with van der Waals surface area (Å²) in [6, 6.07) is 8.02. The van der Waals surface area contributed by atoms with E-state index in [4.69, 9.17) is 0 Å². The third kappa shape index (κ3) is 2.56. The molecule has 3 heteroatoms.